The van der Waals surface area contributed by atoms with Crippen LogP contribution in [-0.4, -0.2) is 44.5 Å². The number of hydrogen-bond donors (Lipinski definition) is 0. The van der Waals surface area contributed by atoms with Gasteiger partial charge in [-0.2, -0.15) is 23.4 Å². The lowest BCUT2D eigenvalue weighted by atomic mass is 9.74. The van der Waals surface area contributed by atoms with Crippen molar-refractivity contribution in [2.24, 2.45) is 16.3 Å². The smallest absolute Gasteiger partial charge is 0.421 e. The lowest BCUT2D eigenvalue weighted by Gasteiger charge is -2.41. The zero-order valence-corrected chi connectivity index (χ0v) is 20.1. The van der Waals surface area contributed by atoms with Gasteiger partial charge in [0.1, 0.15) is 12.1 Å². The third kappa shape index (κ3) is 4.05. The summed E-state index contributed by atoms with van der Waals surface area (Å²) in [5.41, 5.74) is 0.745. The summed E-state index contributed by atoms with van der Waals surface area (Å²) >= 11 is 6.23. The fraction of sp³-hybridized carbons (Fsp3) is 0.619. The predicted molar refractivity (Wildman–Crippen MR) is 114 cm³/mol. The van der Waals surface area contributed by atoms with Crippen molar-refractivity contribution in [3.63, 3.8) is 0 Å². The third-order valence-corrected chi connectivity index (χ3v) is 7.03. The van der Waals surface area contributed by atoms with Crippen LogP contribution in [0.4, 0.5) is 18.9 Å². The molecule has 0 unspecified atom stereocenters. The van der Waals surface area contributed by atoms with Crippen molar-refractivity contribution in [3.05, 3.63) is 28.3 Å². The lowest BCUT2D eigenvalue weighted by Crippen LogP contribution is -2.61. The van der Waals surface area contributed by atoms with Crippen LogP contribution >= 0.6 is 11.6 Å². The fourth-order valence-corrected chi connectivity index (χ4v) is 5.47. The number of aliphatic imine (C=N–C) groups is 1. The number of ether oxygens (including phenoxy) is 1. The molecular weight excluding hydrogens is 447 g/mol. The highest BCUT2D eigenvalue weighted by molar-refractivity contribution is 6.48. The molecule has 3 rings (SSSR count). The molecule has 1 aromatic carbocycles. The maximum absolute atomic E-state index is 14.6. The Morgan fingerprint density at radius 3 is 2.48 bits per heavy atom. The minimum absolute atomic E-state index is 0.124. The van der Waals surface area contributed by atoms with Gasteiger partial charge in [-0.15, -0.1) is 0 Å². The van der Waals surface area contributed by atoms with Crippen LogP contribution in [0.2, 0.25) is 18.1 Å². The van der Waals surface area contributed by atoms with Gasteiger partial charge in [0.15, 0.2) is 0 Å². The van der Waals surface area contributed by atoms with Gasteiger partial charge in [0, 0.05) is 6.54 Å². The van der Waals surface area contributed by atoms with Crippen LogP contribution < -0.4 is 0 Å². The number of nitriles is 1. The summed E-state index contributed by atoms with van der Waals surface area (Å²) in [6, 6.07) is 3.88. The van der Waals surface area contributed by atoms with E-state index in [1.807, 2.05) is 26.8 Å². The summed E-state index contributed by atoms with van der Waals surface area (Å²) in [5.74, 6) is -3.09. The molecular formula is C21H26ClF3N3O2Si. The molecule has 169 valence electrons. The maximum Gasteiger partial charge on any atom is 0.456 e. The van der Waals surface area contributed by atoms with Gasteiger partial charge in [-0.1, -0.05) is 32.4 Å². The van der Waals surface area contributed by atoms with Crippen molar-refractivity contribution in [3.8, 4) is 6.07 Å². The zero-order valence-electron chi connectivity index (χ0n) is 18.4. The Kier molecular flexibility index (Phi) is 6.15. The summed E-state index contributed by atoms with van der Waals surface area (Å²) in [7, 11) is -1.77. The molecule has 2 saturated heterocycles. The molecule has 2 heterocycles. The van der Waals surface area contributed by atoms with Crippen LogP contribution in [0.25, 0.3) is 0 Å². The highest BCUT2D eigenvalue weighted by Crippen LogP contribution is 2.54. The molecule has 2 aliphatic rings. The van der Waals surface area contributed by atoms with E-state index in [4.69, 9.17) is 26.0 Å². The molecule has 0 aliphatic carbocycles. The summed E-state index contributed by atoms with van der Waals surface area (Å²) in [4.78, 5) is 6.01. The molecule has 1 aromatic rings. The second-order valence-corrected chi connectivity index (χ2v) is 11.7. The molecule has 2 aliphatic heterocycles. The highest BCUT2D eigenvalue weighted by Gasteiger charge is 2.74. The Morgan fingerprint density at radius 1 is 1.32 bits per heavy atom. The van der Waals surface area contributed by atoms with E-state index in [1.54, 1.807) is 31.0 Å². The van der Waals surface area contributed by atoms with Crippen LogP contribution in [0.15, 0.2) is 17.1 Å². The van der Waals surface area contributed by atoms with Crippen LogP contribution in [0, 0.1) is 29.6 Å². The monoisotopic (exact) mass is 472 g/mol. The number of hydrogen-bond acceptors (Lipinski definition) is 4. The SMILES string of the molecule is Cc1c(N=C2O[C@](O[Si](C)C)(C(F)(F)F)[C@@H]3[C@H](C(C)(C)C)CCN23)ccc(C#N)c1Cl. The van der Waals surface area contributed by atoms with Gasteiger partial charge in [-0.25, -0.2) is 0 Å². The van der Waals surface area contributed by atoms with E-state index in [0.29, 0.717) is 24.2 Å². The molecule has 0 saturated carbocycles. The van der Waals surface area contributed by atoms with E-state index in [2.05, 4.69) is 4.99 Å². The van der Waals surface area contributed by atoms with Crippen LogP contribution in [0.1, 0.15) is 38.3 Å². The van der Waals surface area contributed by atoms with E-state index < -0.39 is 27.0 Å². The first-order valence-corrected chi connectivity index (χ1v) is 12.8. The van der Waals surface area contributed by atoms with Gasteiger partial charge in [-0.3, -0.25) is 0 Å². The molecule has 0 bridgehead atoms. The van der Waals surface area contributed by atoms with Crippen molar-refractivity contribution < 1.29 is 22.3 Å². The molecule has 0 aromatic heterocycles. The molecule has 31 heavy (non-hydrogen) atoms. The molecule has 10 heteroatoms. The first kappa shape index (κ1) is 23.9. The summed E-state index contributed by atoms with van der Waals surface area (Å²) in [6.07, 6.45) is -4.18. The van der Waals surface area contributed by atoms with E-state index in [-0.39, 0.29) is 27.9 Å². The Bertz CT molecular complexity index is 940. The molecule has 0 spiro atoms. The number of halogens is 4. The fourth-order valence-electron chi connectivity index (χ4n) is 4.38. The minimum atomic E-state index is -4.75. The standard InChI is InChI=1S/C21H26ClF3N3O2Si/c1-12-15(8-7-13(11-26)16(12)22)27-18-28-10-9-14(19(2,3)4)17(28)20(29-18,21(23,24)25)30-31(5)6/h7-8,14,17H,9-10H2,1-6H3/t14-,17+,20-/m1/s1. The Balaban J connectivity index is 2.17. The lowest BCUT2D eigenvalue weighted by molar-refractivity contribution is -0.335. The van der Waals surface area contributed by atoms with E-state index in [9.17, 15) is 13.2 Å². The highest BCUT2D eigenvalue weighted by atomic mass is 35.5. The van der Waals surface area contributed by atoms with Gasteiger partial charge >= 0.3 is 12.0 Å². The minimum Gasteiger partial charge on any atom is -0.421 e. The number of nitrogens with zero attached hydrogens (tertiary/aromatic N) is 3. The van der Waals surface area contributed by atoms with Crippen molar-refractivity contribution in [2.75, 3.05) is 6.54 Å². The molecule has 5 nitrogen and oxygen atoms in total. The first-order valence-electron chi connectivity index (χ1n) is 10.0. The molecule has 2 fully saturated rings. The van der Waals surface area contributed by atoms with Crippen LogP contribution in [-0.2, 0) is 9.16 Å². The Labute approximate surface area is 187 Å². The summed E-state index contributed by atoms with van der Waals surface area (Å²) in [6.45, 7) is 11.2. The second kappa shape index (κ2) is 7.98. The van der Waals surface area contributed by atoms with Gasteiger partial charge in [0.05, 0.1) is 16.3 Å². The van der Waals surface area contributed by atoms with Gasteiger partial charge in [0.25, 0.3) is 6.02 Å². The molecule has 0 amide bonds. The van der Waals surface area contributed by atoms with Crippen LogP contribution in [0.3, 0.4) is 0 Å². The number of fused-ring (bicyclic) bond motifs is 1. The topological polar surface area (TPSA) is 57.9 Å². The van der Waals surface area contributed by atoms with E-state index >= 15 is 0 Å². The predicted octanol–water partition coefficient (Wildman–Crippen LogP) is 5.80. The molecule has 0 N–H and O–H groups in total. The average molecular weight is 473 g/mol. The van der Waals surface area contributed by atoms with E-state index in [0.717, 1.165) is 0 Å². The third-order valence-electron chi connectivity index (χ3n) is 5.83. The largest absolute Gasteiger partial charge is 0.456 e. The quantitative estimate of drug-likeness (QED) is 0.521. The van der Waals surface area contributed by atoms with Crippen molar-refractivity contribution in [1.29, 1.82) is 5.26 Å². The van der Waals surface area contributed by atoms with E-state index in [1.165, 1.54) is 6.07 Å². The Hall–Kier alpha value is -1.76. The van der Waals surface area contributed by atoms with Crippen molar-refractivity contribution in [2.45, 2.75) is 65.2 Å². The average Bonchev–Trinajstić information content (AvgIpc) is 3.19. The second-order valence-electron chi connectivity index (χ2n) is 9.25. The number of amidine groups is 1. The van der Waals surface area contributed by atoms with Crippen molar-refractivity contribution in [1.82, 2.24) is 4.90 Å². The van der Waals surface area contributed by atoms with Gasteiger partial charge < -0.3 is 14.1 Å². The number of benzene rings is 1. The summed E-state index contributed by atoms with van der Waals surface area (Å²) < 4.78 is 54.9. The maximum atomic E-state index is 14.6. The number of alkyl halides is 3. The number of rotatable bonds is 3. The normalized spacial score (nSPS) is 27.5. The van der Waals surface area contributed by atoms with Gasteiger partial charge in [-0.05, 0) is 55.5 Å². The first-order chi connectivity index (χ1) is 14.2. The molecule has 3 atom stereocenters. The molecule has 1 radical (unpaired) electrons. The summed E-state index contributed by atoms with van der Waals surface area (Å²) in [5, 5.41) is 9.37. The van der Waals surface area contributed by atoms with Crippen LogP contribution in [0.5, 0.6) is 0 Å². The van der Waals surface area contributed by atoms with Crippen molar-refractivity contribution >= 4 is 32.4 Å². The van der Waals surface area contributed by atoms with Gasteiger partial charge in [0.2, 0.25) is 9.04 Å². The Morgan fingerprint density at radius 2 is 1.97 bits per heavy atom. The zero-order chi connectivity index (χ0) is 23.4.